The molecule has 4 N–H and O–H groups in total. The number of nitrogen functional groups attached to an aromatic ring is 1. The number of nitrogens with two attached hydrogens (primary N) is 1. The van der Waals surface area contributed by atoms with E-state index in [1.807, 2.05) is 13.8 Å². The Kier molecular flexibility index (Phi) is 2.90. The van der Waals surface area contributed by atoms with E-state index in [1.54, 1.807) is 6.92 Å². The summed E-state index contributed by atoms with van der Waals surface area (Å²) >= 11 is 0. The van der Waals surface area contributed by atoms with Crippen LogP contribution in [0.3, 0.4) is 0 Å². The molecule has 0 aliphatic heterocycles. The van der Waals surface area contributed by atoms with Crippen LogP contribution < -0.4 is 11.1 Å². The molecule has 1 heterocycles. The van der Waals surface area contributed by atoms with Crippen LogP contribution in [0.5, 0.6) is 0 Å². The Morgan fingerprint density at radius 2 is 2.21 bits per heavy atom. The van der Waals surface area contributed by atoms with Crippen LogP contribution >= 0.6 is 0 Å². The normalized spacial score (nSPS) is 13.7. The van der Waals surface area contributed by atoms with E-state index in [9.17, 15) is 5.11 Å². The number of hydrogen-bond acceptors (Lipinski definition) is 5. The molecule has 0 spiro atoms. The van der Waals surface area contributed by atoms with Gasteiger partial charge >= 0.3 is 0 Å². The maximum atomic E-state index is 9.49. The van der Waals surface area contributed by atoms with Gasteiger partial charge in [-0.2, -0.15) is 0 Å². The Morgan fingerprint density at radius 3 is 2.71 bits per heavy atom. The lowest BCUT2D eigenvalue weighted by Crippen LogP contribution is -2.42. The van der Waals surface area contributed by atoms with Gasteiger partial charge in [0.2, 0.25) is 0 Å². The quantitative estimate of drug-likeness (QED) is 0.660. The third-order valence-electron chi connectivity index (χ3n) is 2.23. The monoisotopic (exact) mass is 196 g/mol. The fraction of sp³-hybridized carbons (Fsp3) is 0.556. The van der Waals surface area contributed by atoms with E-state index in [0.717, 1.165) is 0 Å². The van der Waals surface area contributed by atoms with Crippen molar-refractivity contribution in [1.82, 2.24) is 9.97 Å². The predicted molar refractivity (Wildman–Crippen MR) is 55.8 cm³/mol. The number of nitrogens with one attached hydrogen (secondary N) is 1. The smallest absolute Gasteiger partial charge is 0.153 e. The van der Waals surface area contributed by atoms with Gasteiger partial charge in [0.25, 0.3) is 0 Å². The van der Waals surface area contributed by atoms with Crippen LogP contribution in [0.2, 0.25) is 0 Å². The number of aromatic nitrogens is 2. The Hall–Kier alpha value is -1.36. The highest BCUT2D eigenvalue weighted by Gasteiger charge is 2.24. The lowest BCUT2D eigenvalue weighted by molar-refractivity contribution is 0.133. The molecule has 1 aromatic heterocycles. The molecule has 0 fully saturated rings. The summed E-state index contributed by atoms with van der Waals surface area (Å²) in [7, 11) is 0. The third kappa shape index (κ3) is 2.32. The average molecular weight is 196 g/mol. The molecule has 5 nitrogen and oxygen atoms in total. The second kappa shape index (κ2) is 3.79. The van der Waals surface area contributed by atoms with Crippen LogP contribution in [-0.4, -0.2) is 26.7 Å². The number of anilines is 2. The van der Waals surface area contributed by atoms with Gasteiger partial charge in [0.1, 0.15) is 6.33 Å². The van der Waals surface area contributed by atoms with Crippen molar-refractivity contribution in [3.63, 3.8) is 0 Å². The zero-order valence-electron chi connectivity index (χ0n) is 8.65. The molecule has 78 valence electrons. The molecule has 1 unspecified atom stereocenters. The van der Waals surface area contributed by atoms with Crippen LogP contribution in [0, 0.1) is 0 Å². The van der Waals surface area contributed by atoms with Gasteiger partial charge in [0, 0.05) is 0 Å². The molecule has 0 saturated heterocycles. The van der Waals surface area contributed by atoms with Crippen molar-refractivity contribution in [3.05, 3.63) is 12.5 Å². The zero-order chi connectivity index (χ0) is 10.8. The second-order valence-corrected chi connectivity index (χ2v) is 3.85. The lowest BCUT2D eigenvalue weighted by atomic mass is 9.99. The topological polar surface area (TPSA) is 84.1 Å². The van der Waals surface area contributed by atoms with E-state index >= 15 is 0 Å². The van der Waals surface area contributed by atoms with Crippen molar-refractivity contribution in [1.29, 1.82) is 0 Å². The molecule has 14 heavy (non-hydrogen) atoms. The summed E-state index contributed by atoms with van der Waals surface area (Å²) in [5.74, 6) is 0.547. The molecule has 0 bridgehead atoms. The van der Waals surface area contributed by atoms with Crippen LogP contribution in [0.15, 0.2) is 12.5 Å². The van der Waals surface area contributed by atoms with Crippen LogP contribution in [0.1, 0.15) is 20.8 Å². The molecule has 1 rings (SSSR count). The number of aliphatic hydroxyl groups is 1. The van der Waals surface area contributed by atoms with E-state index in [-0.39, 0.29) is 0 Å². The molecule has 5 heteroatoms. The predicted octanol–water partition coefficient (Wildman–Crippen LogP) is 0.630. The molecule has 1 aromatic rings. The van der Waals surface area contributed by atoms with Gasteiger partial charge in [0.15, 0.2) is 5.82 Å². The molecule has 0 aromatic carbocycles. The van der Waals surface area contributed by atoms with Crippen molar-refractivity contribution in [2.75, 3.05) is 11.1 Å². The SMILES string of the molecule is CC(O)C(C)(C)Nc1ncncc1N. The Labute approximate surface area is 83.4 Å². The van der Waals surface area contributed by atoms with Crippen molar-refractivity contribution < 1.29 is 5.11 Å². The van der Waals surface area contributed by atoms with Crippen molar-refractivity contribution >= 4 is 11.5 Å². The molecular weight excluding hydrogens is 180 g/mol. The number of rotatable bonds is 3. The van der Waals surface area contributed by atoms with Gasteiger partial charge in [-0.3, -0.25) is 0 Å². The van der Waals surface area contributed by atoms with Crippen LogP contribution in [0.25, 0.3) is 0 Å². The zero-order valence-corrected chi connectivity index (χ0v) is 8.65. The molecule has 0 radical (unpaired) electrons. The minimum atomic E-state index is -0.503. The van der Waals surface area contributed by atoms with Crippen molar-refractivity contribution in [2.45, 2.75) is 32.4 Å². The molecule has 0 amide bonds. The largest absolute Gasteiger partial charge is 0.394 e. The van der Waals surface area contributed by atoms with E-state index in [1.165, 1.54) is 12.5 Å². The van der Waals surface area contributed by atoms with Crippen LogP contribution in [-0.2, 0) is 0 Å². The third-order valence-corrected chi connectivity index (χ3v) is 2.23. The first-order valence-electron chi connectivity index (χ1n) is 4.45. The standard InChI is InChI=1S/C9H16N4O/c1-6(14)9(2,3)13-8-7(10)4-11-5-12-8/h4-6,14H,10H2,1-3H3,(H,11,12,13). The average Bonchev–Trinajstić information content (AvgIpc) is 2.08. The fourth-order valence-corrected chi connectivity index (χ4v) is 0.854. The molecule has 0 aliphatic carbocycles. The highest BCUT2D eigenvalue weighted by atomic mass is 16.3. The Bertz CT molecular complexity index is 311. The first-order chi connectivity index (χ1) is 6.43. The first kappa shape index (κ1) is 10.7. The van der Waals surface area contributed by atoms with Crippen LogP contribution in [0.4, 0.5) is 11.5 Å². The summed E-state index contributed by atoms with van der Waals surface area (Å²) in [6.45, 7) is 5.46. The van der Waals surface area contributed by atoms with Gasteiger partial charge in [-0.1, -0.05) is 0 Å². The van der Waals surface area contributed by atoms with Crippen molar-refractivity contribution in [3.8, 4) is 0 Å². The lowest BCUT2D eigenvalue weighted by Gasteiger charge is -2.30. The van der Waals surface area contributed by atoms with E-state index in [2.05, 4.69) is 15.3 Å². The maximum Gasteiger partial charge on any atom is 0.153 e. The minimum absolute atomic E-state index is 0.470. The molecule has 0 saturated carbocycles. The van der Waals surface area contributed by atoms with E-state index < -0.39 is 11.6 Å². The molecular formula is C9H16N4O. The summed E-state index contributed by atoms with van der Waals surface area (Å²) in [4.78, 5) is 7.77. The van der Waals surface area contributed by atoms with Gasteiger partial charge in [-0.25, -0.2) is 9.97 Å². The second-order valence-electron chi connectivity index (χ2n) is 3.85. The summed E-state index contributed by atoms with van der Waals surface area (Å²) in [5, 5.41) is 12.5. The summed E-state index contributed by atoms with van der Waals surface area (Å²) < 4.78 is 0. The Morgan fingerprint density at radius 1 is 1.57 bits per heavy atom. The van der Waals surface area contributed by atoms with Gasteiger partial charge in [-0.15, -0.1) is 0 Å². The molecule has 1 atom stereocenters. The highest BCUT2D eigenvalue weighted by molar-refractivity contribution is 5.60. The first-order valence-corrected chi connectivity index (χ1v) is 4.45. The van der Waals surface area contributed by atoms with Gasteiger partial charge < -0.3 is 16.2 Å². The number of aliphatic hydroxyl groups excluding tert-OH is 1. The van der Waals surface area contributed by atoms with E-state index in [0.29, 0.717) is 11.5 Å². The van der Waals surface area contributed by atoms with Gasteiger partial charge in [-0.05, 0) is 20.8 Å². The van der Waals surface area contributed by atoms with Gasteiger partial charge in [0.05, 0.1) is 23.5 Å². The fourth-order valence-electron chi connectivity index (χ4n) is 0.854. The Balaban J connectivity index is 2.84. The summed E-state index contributed by atoms with van der Waals surface area (Å²) in [5.41, 5.74) is 5.66. The number of hydrogen-bond donors (Lipinski definition) is 3. The molecule has 0 aliphatic rings. The van der Waals surface area contributed by atoms with Crippen molar-refractivity contribution in [2.24, 2.45) is 0 Å². The minimum Gasteiger partial charge on any atom is -0.394 e. The number of nitrogens with zero attached hydrogens (tertiary/aromatic N) is 2. The maximum absolute atomic E-state index is 9.49. The van der Waals surface area contributed by atoms with E-state index in [4.69, 9.17) is 5.73 Å². The highest BCUT2D eigenvalue weighted by Crippen LogP contribution is 2.20. The summed E-state index contributed by atoms with van der Waals surface area (Å²) in [6, 6.07) is 0. The summed E-state index contributed by atoms with van der Waals surface area (Å²) in [6.07, 6.45) is 2.43.